The van der Waals surface area contributed by atoms with Crippen molar-refractivity contribution in [1.29, 1.82) is 0 Å². The molecule has 134 valence electrons. The molecule has 0 fully saturated rings. The number of non-ortho nitro benzene ring substituents is 1. The van der Waals surface area contributed by atoms with Crippen LogP contribution in [0.2, 0.25) is 0 Å². The van der Waals surface area contributed by atoms with Gasteiger partial charge in [-0.15, -0.1) is 0 Å². The van der Waals surface area contributed by atoms with Gasteiger partial charge >= 0.3 is 0 Å². The highest BCUT2D eigenvalue weighted by Crippen LogP contribution is 2.55. The van der Waals surface area contributed by atoms with Crippen molar-refractivity contribution in [3.05, 3.63) is 65.7 Å². The molecule has 2 heterocycles. The van der Waals surface area contributed by atoms with Gasteiger partial charge in [0.15, 0.2) is 0 Å². The van der Waals surface area contributed by atoms with Crippen molar-refractivity contribution in [1.82, 2.24) is 0 Å². The number of halogens is 2. The number of hydrogen-bond acceptors (Lipinski definition) is 4. The highest BCUT2D eigenvalue weighted by molar-refractivity contribution is 14.1. The third-order valence-corrected chi connectivity index (χ3v) is 6.70. The van der Waals surface area contributed by atoms with Crippen LogP contribution in [0.1, 0.15) is 25.0 Å². The fraction of sp³-hybridized carbons (Fsp3) is 0.263. The van der Waals surface area contributed by atoms with E-state index in [2.05, 4.69) is 69.4 Å². The van der Waals surface area contributed by atoms with Crippen molar-refractivity contribution in [3.8, 4) is 5.75 Å². The van der Waals surface area contributed by atoms with Gasteiger partial charge in [0.1, 0.15) is 5.75 Å². The average molecular weight is 527 g/mol. The predicted octanol–water partition coefficient (Wildman–Crippen LogP) is 5.49. The molecule has 0 saturated carbocycles. The van der Waals surface area contributed by atoms with Gasteiger partial charge in [-0.2, -0.15) is 0 Å². The van der Waals surface area contributed by atoms with Crippen LogP contribution in [-0.2, 0) is 5.41 Å². The van der Waals surface area contributed by atoms with Crippen LogP contribution in [0.4, 0.5) is 11.4 Å². The molecule has 4 rings (SSSR count). The van der Waals surface area contributed by atoms with E-state index in [0.717, 1.165) is 19.3 Å². The van der Waals surface area contributed by atoms with Crippen LogP contribution < -0.4 is 9.64 Å². The van der Waals surface area contributed by atoms with E-state index in [4.69, 9.17) is 4.74 Å². The van der Waals surface area contributed by atoms with E-state index in [1.165, 1.54) is 5.56 Å². The summed E-state index contributed by atoms with van der Waals surface area (Å²) in [6.45, 7) is 4.32. The van der Waals surface area contributed by atoms with Crippen molar-refractivity contribution in [2.24, 2.45) is 0 Å². The highest BCUT2D eigenvalue weighted by atomic mass is 127. The molecule has 5 nitrogen and oxygen atoms in total. The Hall–Kier alpha value is -1.61. The SMILES string of the molecule is CN1c2ccc(Br)cc2C(C)(C)C12C=Cc1cc([N+](=O)[O-])cc(I)c1O2. The summed E-state index contributed by atoms with van der Waals surface area (Å²) in [4.78, 5) is 12.9. The summed E-state index contributed by atoms with van der Waals surface area (Å²) in [6, 6.07) is 9.36. The van der Waals surface area contributed by atoms with Crippen LogP contribution in [0.5, 0.6) is 5.75 Å². The molecule has 2 aliphatic rings. The molecule has 0 amide bonds. The summed E-state index contributed by atoms with van der Waals surface area (Å²) < 4.78 is 8.35. The molecule has 2 aromatic rings. The van der Waals surface area contributed by atoms with E-state index in [1.807, 2.05) is 25.3 Å². The number of benzene rings is 2. The predicted molar refractivity (Wildman–Crippen MR) is 114 cm³/mol. The number of ether oxygens (including phenoxy) is 1. The quantitative estimate of drug-likeness (QED) is 0.280. The molecule has 2 aliphatic heterocycles. The van der Waals surface area contributed by atoms with E-state index in [9.17, 15) is 10.1 Å². The summed E-state index contributed by atoms with van der Waals surface area (Å²) in [5, 5.41) is 11.1. The molecule has 0 N–H and O–H groups in total. The number of nitro benzene ring substituents is 1. The first-order valence-electron chi connectivity index (χ1n) is 8.07. The van der Waals surface area contributed by atoms with Gasteiger partial charge in [0, 0.05) is 34.9 Å². The summed E-state index contributed by atoms with van der Waals surface area (Å²) >= 11 is 5.67. The molecule has 7 heteroatoms. The van der Waals surface area contributed by atoms with Gasteiger partial charge in [0.05, 0.1) is 13.9 Å². The zero-order chi connectivity index (χ0) is 18.9. The molecule has 26 heavy (non-hydrogen) atoms. The third-order valence-electron chi connectivity index (χ3n) is 5.40. The summed E-state index contributed by atoms with van der Waals surface area (Å²) in [5.74, 6) is 0.686. The maximum absolute atomic E-state index is 11.1. The zero-order valence-corrected chi connectivity index (χ0v) is 18.2. The Labute approximate surface area is 173 Å². The number of anilines is 1. The van der Waals surface area contributed by atoms with Crippen molar-refractivity contribution in [3.63, 3.8) is 0 Å². The smallest absolute Gasteiger partial charge is 0.271 e. The normalized spacial score (nSPS) is 22.1. The Morgan fingerprint density at radius 1 is 1.27 bits per heavy atom. The fourth-order valence-corrected chi connectivity index (χ4v) is 5.04. The molecule has 0 aliphatic carbocycles. The molecule has 0 saturated heterocycles. The lowest BCUT2D eigenvalue weighted by atomic mass is 9.76. The third kappa shape index (κ3) is 2.26. The number of nitro groups is 1. The topological polar surface area (TPSA) is 55.6 Å². The van der Waals surface area contributed by atoms with Gasteiger partial charge in [0.25, 0.3) is 5.69 Å². The fourth-order valence-electron chi connectivity index (χ4n) is 3.94. The van der Waals surface area contributed by atoms with Gasteiger partial charge in [-0.25, -0.2) is 0 Å². The van der Waals surface area contributed by atoms with Crippen LogP contribution in [-0.4, -0.2) is 17.7 Å². The number of likely N-dealkylation sites (N-methyl/N-ethyl adjacent to an activating group) is 1. The molecule has 0 aromatic heterocycles. The van der Waals surface area contributed by atoms with Crippen molar-refractivity contribution >= 4 is 56.0 Å². The Balaban J connectivity index is 1.88. The van der Waals surface area contributed by atoms with Crippen molar-refractivity contribution in [2.45, 2.75) is 25.0 Å². The van der Waals surface area contributed by atoms with Gasteiger partial charge < -0.3 is 9.64 Å². The lowest BCUT2D eigenvalue weighted by Gasteiger charge is -2.46. The average Bonchev–Trinajstić information content (AvgIpc) is 2.74. The molecular formula is C19H16BrIN2O3. The number of rotatable bonds is 1. The van der Waals surface area contributed by atoms with Crippen LogP contribution in [0.3, 0.4) is 0 Å². The first-order chi connectivity index (χ1) is 12.2. The Kier molecular flexibility index (Phi) is 3.89. The molecule has 1 unspecified atom stereocenters. The van der Waals surface area contributed by atoms with Crippen LogP contribution in [0.25, 0.3) is 6.08 Å². The largest absolute Gasteiger partial charge is 0.462 e. The van der Waals surface area contributed by atoms with Crippen LogP contribution in [0.15, 0.2) is 40.9 Å². The van der Waals surface area contributed by atoms with Crippen molar-refractivity contribution < 1.29 is 9.66 Å². The number of nitrogens with zero attached hydrogens (tertiary/aromatic N) is 2. The molecule has 2 aromatic carbocycles. The van der Waals surface area contributed by atoms with Crippen molar-refractivity contribution in [2.75, 3.05) is 11.9 Å². The molecule has 0 radical (unpaired) electrons. The minimum Gasteiger partial charge on any atom is -0.462 e. The van der Waals surface area contributed by atoms with E-state index < -0.39 is 5.72 Å². The van der Waals surface area contributed by atoms with Gasteiger partial charge in [-0.1, -0.05) is 15.9 Å². The van der Waals surface area contributed by atoms with Crippen LogP contribution >= 0.6 is 38.5 Å². The summed E-state index contributed by atoms with van der Waals surface area (Å²) in [7, 11) is 2.02. The van der Waals surface area contributed by atoms with E-state index in [0.29, 0.717) is 5.75 Å². The lowest BCUT2D eigenvalue weighted by Crippen LogP contribution is -2.58. The standard InChI is InChI=1S/C19H16BrIN2O3/c1-18(2)14-9-12(20)4-5-16(14)22(3)19(18)7-6-11-8-13(23(24)25)10-15(21)17(11)26-19/h4-10H,1-3H3. The molecular weight excluding hydrogens is 511 g/mol. The Morgan fingerprint density at radius 3 is 2.69 bits per heavy atom. The van der Waals surface area contributed by atoms with Gasteiger partial charge in [0.2, 0.25) is 5.72 Å². The Morgan fingerprint density at radius 2 is 2.00 bits per heavy atom. The minimum atomic E-state index is -0.695. The monoisotopic (exact) mass is 526 g/mol. The van der Waals surface area contributed by atoms with E-state index in [1.54, 1.807) is 12.1 Å². The summed E-state index contributed by atoms with van der Waals surface area (Å²) in [5.41, 5.74) is 2.10. The first-order valence-corrected chi connectivity index (χ1v) is 9.94. The Bertz CT molecular complexity index is 989. The first kappa shape index (κ1) is 17.8. The van der Waals surface area contributed by atoms with E-state index in [-0.39, 0.29) is 16.0 Å². The molecule has 0 bridgehead atoms. The number of fused-ring (bicyclic) bond motifs is 2. The van der Waals surface area contributed by atoms with Crippen LogP contribution in [0, 0.1) is 13.7 Å². The lowest BCUT2D eigenvalue weighted by molar-refractivity contribution is -0.385. The molecule has 1 spiro atoms. The van der Waals surface area contributed by atoms with E-state index >= 15 is 0 Å². The molecule has 1 atom stereocenters. The zero-order valence-electron chi connectivity index (χ0n) is 14.4. The maximum Gasteiger partial charge on any atom is 0.271 e. The maximum atomic E-state index is 11.1. The summed E-state index contributed by atoms with van der Waals surface area (Å²) in [6.07, 6.45) is 3.95. The van der Waals surface area contributed by atoms with Gasteiger partial charge in [-0.3, -0.25) is 10.1 Å². The second-order valence-corrected chi connectivity index (χ2v) is 9.16. The second-order valence-electron chi connectivity index (χ2n) is 7.08. The second kappa shape index (κ2) is 5.69. The van der Waals surface area contributed by atoms with Gasteiger partial charge in [-0.05, 0) is 72.4 Å². The highest BCUT2D eigenvalue weighted by Gasteiger charge is 2.57. The number of hydrogen-bond donors (Lipinski definition) is 0. The minimum absolute atomic E-state index is 0.0728.